The summed E-state index contributed by atoms with van der Waals surface area (Å²) in [5.74, 6) is -0.795. The maximum atomic E-state index is 11.9. The van der Waals surface area contributed by atoms with Crippen LogP contribution in [0.5, 0.6) is 0 Å². The minimum absolute atomic E-state index is 0.0356. The van der Waals surface area contributed by atoms with Gasteiger partial charge in [-0.3, -0.25) is 20.2 Å². The van der Waals surface area contributed by atoms with Crippen LogP contribution < -0.4 is 0 Å². The maximum absolute atomic E-state index is 11.9. The van der Waals surface area contributed by atoms with E-state index in [0.29, 0.717) is 5.56 Å². The van der Waals surface area contributed by atoms with Crippen LogP contribution in [0.1, 0.15) is 15.9 Å². The fourth-order valence-corrected chi connectivity index (χ4v) is 1.96. The van der Waals surface area contributed by atoms with E-state index < -0.39 is 21.5 Å². The van der Waals surface area contributed by atoms with E-state index in [2.05, 4.69) is 0 Å². The molecule has 0 saturated heterocycles. The minimum Gasteiger partial charge on any atom is -0.457 e. The summed E-state index contributed by atoms with van der Waals surface area (Å²) in [5.41, 5.74) is -0.139. The van der Waals surface area contributed by atoms with Gasteiger partial charge in [-0.05, 0) is 17.7 Å². The SMILES string of the molecule is O=C(OCc1cccc([N+](=O)[O-])c1)c1ccc(Cl)c([N+](=O)[O-])c1. The first-order valence-electron chi connectivity index (χ1n) is 6.23. The molecule has 0 aliphatic heterocycles. The molecular weight excluding hydrogens is 328 g/mol. The summed E-state index contributed by atoms with van der Waals surface area (Å²) in [7, 11) is 0. The van der Waals surface area contributed by atoms with Crippen molar-refractivity contribution in [2.24, 2.45) is 0 Å². The van der Waals surface area contributed by atoms with Crippen LogP contribution in [0.2, 0.25) is 5.02 Å². The van der Waals surface area contributed by atoms with Crippen molar-refractivity contribution in [2.75, 3.05) is 0 Å². The van der Waals surface area contributed by atoms with Crippen LogP contribution in [0.3, 0.4) is 0 Å². The number of nitro groups is 2. The Balaban J connectivity index is 2.11. The number of hydrogen-bond donors (Lipinski definition) is 0. The molecule has 118 valence electrons. The van der Waals surface area contributed by atoms with Crippen LogP contribution in [-0.2, 0) is 11.3 Å². The topological polar surface area (TPSA) is 113 Å². The number of carbonyl (C=O) groups excluding carboxylic acids is 1. The Morgan fingerprint density at radius 3 is 2.48 bits per heavy atom. The van der Waals surface area contributed by atoms with E-state index in [9.17, 15) is 25.0 Å². The van der Waals surface area contributed by atoms with E-state index in [-0.39, 0.29) is 22.9 Å². The van der Waals surface area contributed by atoms with Crippen molar-refractivity contribution >= 4 is 28.9 Å². The Morgan fingerprint density at radius 1 is 1.09 bits per heavy atom. The molecule has 0 unspecified atom stereocenters. The second-order valence-corrected chi connectivity index (χ2v) is 4.83. The van der Waals surface area contributed by atoms with Crippen molar-refractivity contribution < 1.29 is 19.4 Å². The predicted molar refractivity (Wildman–Crippen MR) is 80.3 cm³/mol. The number of nitro benzene ring substituents is 2. The quantitative estimate of drug-likeness (QED) is 0.469. The lowest BCUT2D eigenvalue weighted by molar-refractivity contribution is -0.385. The number of benzene rings is 2. The van der Waals surface area contributed by atoms with E-state index in [0.717, 1.165) is 6.07 Å². The Hall–Kier alpha value is -3.00. The van der Waals surface area contributed by atoms with Crippen LogP contribution >= 0.6 is 11.6 Å². The minimum atomic E-state index is -0.795. The number of ether oxygens (including phenoxy) is 1. The molecular formula is C14H9ClN2O6. The van der Waals surface area contributed by atoms with Gasteiger partial charge in [0.1, 0.15) is 11.6 Å². The number of hydrogen-bond acceptors (Lipinski definition) is 6. The standard InChI is InChI=1S/C14H9ClN2O6/c15-12-5-4-10(7-13(12)17(21)22)14(18)23-8-9-2-1-3-11(6-9)16(19)20/h1-7H,8H2. The Labute approximate surface area is 134 Å². The lowest BCUT2D eigenvalue weighted by atomic mass is 10.2. The summed E-state index contributed by atoms with van der Waals surface area (Å²) >= 11 is 5.66. The van der Waals surface area contributed by atoms with E-state index >= 15 is 0 Å². The lowest BCUT2D eigenvalue weighted by Gasteiger charge is -2.05. The number of rotatable bonds is 5. The van der Waals surface area contributed by atoms with Crippen LogP contribution in [0.25, 0.3) is 0 Å². The number of halogens is 1. The van der Waals surface area contributed by atoms with Crippen LogP contribution in [0.4, 0.5) is 11.4 Å². The molecule has 0 atom stereocenters. The van der Waals surface area contributed by atoms with Crippen LogP contribution in [-0.4, -0.2) is 15.8 Å². The van der Waals surface area contributed by atoms with Gasteiger partial charge in [-0.15, -0.1) is 0 Å². The first-order chi connectivity index (χ1) is 10.9. The molecule has 0 fully saturated rings. The second kappa shape index (κ2) is 6.84. The van der Waals surface area contributed by atoms with Gasteiger partial charge in [0.2, 0.25) is 0 Å². The smallest absolute Gasteiger partial charge is 0.338 e. The van der Waals surface area contributed by atoms with Gasteiger partial charge in [-0.1, -0.05) is 23.7 Å². The highest BCUT2D eigenvalue weighted by atomic mass is 35.5. The van der Waals surface area contributed by atoms with Gasteiger partial charge in [0, 0.05) is 18.2 Å². The third-order valence-electron chi connectivity index (χ3n) is 2.87. The summed E-state index contributed by atoms with van der Waals surface area (Å²) in [6.07, 6.45) is 0. The normalized spacial score (nSPS) is 10.1. The molecule has 2 rings (SSSR count). The van der Waals surface area contributed by atoms with Crippen LogP contribution in [0, 0.1) is 20.2 Å². The summed E-state index contributed by atoms with van der Waals surface area (Å²) in [4.78, 5) is 32.1. The van der Waals surface area contributed by atoms with Gasteiger partial charge in [-0.25, -0.2) is 4.79 Å². The van der Waals surface area contributed by atoms with E-state index in [4.69, 9.17) is 16.3 Å². The zero-order chi connectivity index (χ0) is 17.0. The molecule has 0 saturated carbocycles. The average molecular weight is 337 g/mol. The molecule has 8 nitrogen and oxygen atoms in total. The van der Waals surface area contributed by atoms with Gasteiger partial charge >= 0.3 is 5.97 Å². The van der Waals surface area contributed by atoms with Crippen LogP contribution in [0.15, 0.2) is 42.5 Å². The highest BCUT2D eigenvalue weighted by Crippen LogP contribution is 2.25. The van der Waals surface area contributed by atoms with Gasteiger partial charge in [0.25, 0.3) is 11.4 Å². The summed E-state index contributed by atoms with van der Waals surface area (Å²) in [6.45, 7) is -0.197. The largest absolute Gasteiger partial charge is 0.457 e. The van der Waals surface area contributed by atoms with Gasteiger partial charge in [0.15, 0.2) is 0 Å². The molecule has 2 aromatic rings. The Bertz CT molecular complexity index is 793. The Morgan fingerprint density at radius 2 is 1.83 bits per heavy atom. The maximum Gasteiger partial charge on any atom is 0.338 e. The number of non-ortho nitro benzene ring substituents is 1. The van der Waals surface area contributed by atoms with Gasteiger partial charge in [0.05, 0.1) is 15.4 Å². The van der Waals surface area contributed by atoms with Crippen molar-refractivity contribution in [2.45, 2.75) is 6.61 Å². The predicted octanol–water partition coefficient (Wildman–Crippen LogP) is 3.51. The third kappa shape index (κ3) is 4.01. The molecule has 0 aliphatic carbocycles. The molecule has 0 aromatic heterocycles. The van der Waals surface area contributed by atoms with E-state index in [1.165, 1.54) is 30.3 Å². The zero-order valence-electron chi connectivity index (χ0n) is 11.5. The average Bonchev–Trinajstić information content (AvgIpc) is 2.53. The molecule has 0 bridgehead atoms. The third-order valence-corrected chi connectivity index (χ3v) is 3.19. The first-order valence-corrected chi connectivity index (χ1v) is 6.60. The van der Waals surface area contributed by atoms with E-state index in [1.54, 1.807) is 6.07 Å². The van der Waals surface area contributed by atoms with Crippen molar-refractivity contribution in [3.8, 4) is 0 Å². The zero-order valence-corrected chi connectivity index (χ0v) is 12.2. The molecule has 0 amide bonds. The molecule has 2 aromatic carbocycles. The fraction of sp³-hybridized carbons (Fsp3) is 0.0714. The molecule has 0 spiro atoms. The number of nitrogens with zero attached hydrogens (tertiary/aromatic N) is 2. The second-order valence-electron chi connectivity index (χ2n) is 4.43. The van der Waals surface area contributed by atoms with Gasteiger partial charge in [-0.2, -0.15) is 0 Å². The molecule has 0 heterocycles. The lowest BCUT2D eigenvalue weighted by Crippen LogP contribution is -2.06. The van der Waals surface area contributed by atoms with Gasteiger partial charge < -0.3 is 4.74 Å². The highest BCUT2D eigenvalue weighted by molar-refractivity contribution is 6.32. The highest BCUT2D eigenvalue weighted by Gasteiger charge is 2.17. The Kier molecular flexibility index (Phi) is 4.87. The summed E-state index contributed by atoms with van der Waals surface area (Å²) in [5, 5.41) is 21.4. The van der Waals surface area contributed by atoms with Crippen molar-refractivity contribution in [1.82, 2.24) is 0 Å². The van der Waals surface area contributed by atoms with Crippen molar-refractivity contribution in [1.29, 1.82) is 0 Å². The van der Waals surface area contributed by atoms with Crippen molar-refractivity contribution in [3.63, 3.8) is 0 Å². The summed E-state index contributed by atoms with van der Waals surface area (Å²) < 4.78 is 5.00. The number of esters is 1. The summed E-state index contributed by atoms with van der Waals surface area (Å²) in [6, 6.07) is 9.15. The molecule has 0 N–H and O–H groups in total. The molecule has 0 aliphatic rings. The monoisotopic (exact) mass is 336 g/mol. The number of carbonyl (C=O) groups is 1. The molecule has 0 radical (unpaired) electrons. The first kappa shape index (κ1) is 16.4. The van der Waals surface area contributed by atoms with E-state index in [1.807, 2.05) is 0 Å². The van der Waals surface area contributed by atoms with Crippen molar-refractivity contribution in [3.05, 3.63) is 78.8 Å². The molecule has 23 heavy (non-hydrogen) atoms. The molecule has 9 heteroatoms. The fourth-order valence-electron chi connectivity index (χ4n) is 1.77.